The van der Waals surface area contributed by atoms with Crippen LogP contribution in [0, 0.1) is 0 Å². The number of piperidine rings is 1. The highest BCUT2D eigenvalue weighted by atomic mass is 16.5. The average molecular weight is 450 g/mol. The fourth-order valence-electron chi connectivity index (χ4n) is 4.69. The number of allylic oxidation sites excluding steroid dienone is 1. The third kappa shape index (κ3) is 4.59. The van der Waals surface area contributed by atoms with Crippen LogP contribution in [0.3, 0.4) is 0 Å². The third-order valence-electron chi connectivity index (χ3n) is 6.70. The van der Waals surface area contributed by atoms with Crippen molar-refractivity contribution in [2.75, 3.05) is 34.4 Å². The molecular weight excluding hydrogens is 418 g/mol. The number of benzene rings is 2. The van der Waals surface area contributed by atoms with Gasteiger partial charge in [-0.25, -0.2) is 9.69 Å². The van der Waals surface area contributed by atoms with Crippen molar-refractivity contribution in [1.29, 1.82) is 0 Å². The topological polar surface area (TPSA) is 62.3 Å². The van der Waals surface area contributed by atoms with Gasteiger partial charge in [0.2, 0.25) is 0 Å². The molecule has 1 spiro atoms. The predicted molar refractivity (Wildman–Crippen MR) is 126 cm³/mol. The average Bonchev–Trinajstić information content (AvgIpc) is 3.02. The lowest BCUT2D eigenvalue weighted by Crippen LogP contribution is -2.55. The summed E-state index contributed by atoms with van der Waals surface area (Å²) >= 11 is 0. The van der Waals surface area contributed by atoms with E-state index in [0.29, 0.717) is 19.3 Å². The summed E-state index contributed by atoms with van der Waals surface area (Å²) in [5, 5.41) is 0. The number of carbonyl (C=O) groups excluding carboxylic acids is 2. The van der Waals surface area contributed by atoms with Gasteiger partial charge in [0.05, 0.1) is 14.2 Å². The number of ether oxygens (including phenoxy) is 2. The van der Waals surface area contributed by atoms with Gasteiger partial charge in [-0.3, -0.25) is 9.69 Å². The van der Waals surface area contributed by atoms with E-state index >= 15 is 0 Å². The summed E-state index contributed by atoms with van der Waals surface area (Å²) < 4.78 is 10.8. The maximum absolute atomic E-state index is 13.3. The molecule has 0 aliphatic carbocycles. The summed E-state index contributed by atoms with van der Waals surface area (Å²) in [6.45, 7) is 2.19. The van der Waals surface area contributed by atoms with Crippen LogP contribution in [0.5, 0.6) is 11.5 Å². The maximum atomic E-state index is 13.3. The Hall–Kier alpha value is -3.32. The van der Waals surface area contributed by atoms with Crippen LogP contribution in [0.25, 0.3) is 0 Å². The maximum Gasteiger partial charge on any atom is 0.331 e. The highest BCUT2D eigenvalue weighted by Gasteiger charge is 2.55. The highest BCUT2D eigenvalue weighted by Crippen LogP contribution is 2.37. The van der Waals surface area contributed by atoms with Crippen LogP contribution in [0.15, 0.2) is 60.8 Å². The lowest BCUT2D eigenvalue weighted by molar-refractivity contribution is -0.133. The Bertz CT molecular complexity index is 1010. The molecule has 4 rings (SSSR count). The molecule has 0 atom stereocenters. The fourth-order valence-corrected chi connectivity index (χ4v) is 4.69. The number of amides is 3. The van der Waals surface area contributed by atoms with Gasteiger partial charge in [-0.2, -0.15) is 0 Å². The Kier molecular flexibility index (Phi) is 6.70. The smallest absolute Gasteiger partial charge is 0.331 e. The van der Waals surface area contributed by atoms with Gasteiger partial charge in [0.1, 0.15) is 17.0 Å². The molecule has 2 aliphatic rings. The van der Waals surface area contributed by atoms with Crippen LogP contribution in [0.1, 0.15) is 24.0 Å². The summed E-state index contributed by atoms with van der Waals surface area (Å²) in [6.07, 6.45) is 5.41. The first-order valence-electron chi connectivity index (χ1n) is 11.2. The molecule has 0 bridgehead atoms. The van der Waals surface area contributed by atoms with Crippen molar-refractivity contribution in [3.8, 4) is 11.5 Å². The Morgan fingerprint density at radius 1 is 0.939 bits per heavy atom. The summed E-state index contributed by atoms with van der Waals surface area (Å²) in [6, 6.07) is 15.6. The summed E-state index contributed by atoms with van der Waals surface area (Å²) in [5.41, 5.74) is 1.46. The molecule has 2 heterocycles. The van der Waals surface area contributed by atoms with Gasteiger partial charge in [-0.05, 0) is 42.5 Å². The molecule has 0 radical (unpaired) electrons. The first-order chi connectivity index (χ1) is 16.0. The number of carbonyl (C=O) groups is 2. The molecule has 33 heavy (non-hydrogen) atoms. The quantitative estimate of drug-likeness (QED) is 0.604. The van der Waals surface area contributed by atoms with Crippen molar-refractivity contribution in [3.05, 3.63) is 71.9 Å². The molecule has 0 unspecified atom stereocenters. The van der Waals surface area contributed by atoms with Crippen molar-refractivity contribution >= 4 is 11.9 Å². The first kappa shape index (κ1) is 22.9. The minimum absolute atomic E-state index is 0.123. The van der Waals surface area contributed by atoms with Gasteiger partial charge in [-0.15, -0.1) is 0 Å². The molecule has 2 fully saturated rings. The standard InChI is InChI=1S/C26H31N3O4/c1-27-25(31)29(13-7-10-20-8-5-4-6-9-20)24(30)26(27)11-14-28(15-12-26)19-21-16-22(32-2)18-23(17-21)33-3/h4-9,13,16-18H,10-12,14-15,19H2,1-3H3/b13-7+. The molecule has 7 nitrogen and oxygen atoms in total. The van der Waals surface area contributed by atoms with Gasteiger partial charge < -0.3 is 14.4 Å². The Morgan fingerprint density at radius 3 is 2.18 bits per heavy atom. The summed E-state index contributed by atoms with van der Waals surface area (Å²) in [7, 11) is 5.03. The predicted octanol–water partition coefficient (Wildman–Crippen LogP) is 3.69. The number of rotatable bonds is 7. The number of hydrogen-bond donors (Lipinski definition) is 0. The van der Waals surface area contributed by atoms with Crippen molar-refractivity contribution in [2.24, 2.45) is 0 Å². The van der Waals surface area contributed by atoms with Crippen LogP contribution in [0.2, 0.25) is 0 Å². The normalized spacial score (nSPS) is 18.5. The van der Waals surface area contributed by atoms with Crippen molar-refractivity contribution < 1.29 is 19.1 Å². The second-order valence-corrected chi connectivity index (χ2v) is 8.62. The number of likely N-dealkylation sites (N-methyl/N-ethyl adjacent to an activating group) is 1. The van der Waals surface area contributed by atoms with E-state index in [4.69, 9.17) is 9.47 Å². The molecule has 0 aromatic heterocycles. The van der Waals surface area contributed by atoms with Crippen LogP contribution in [0.4, 0.5) is 4.79 Å². The molecule has 2 aliphatic heterocycles. The van der Waals surface area contributed by atoms with E-state index in [-0.39, 0.29) is 11.9 Å². The van der Waals surface area contributed by atoms with E-state index in [0.717, 1.165) is 42.3 Å². The van der Waals surface area contributed by atoms with Crippen LogP contribution < -0.4 is 9.47 Å². The van der Waals surface area contributed by atoms with Crippen LogP contribution in [-0.4, -0.2) is 66.5 Å². The van der Waals surface area contributed by atoms with E-state index in [2.05, 4.69) is 4.90 Å². The van der Waals surface area contributed by atoms with Crippen LogP contribution >= 0.6 is 0 Å². The molecule has 2 aromatic rings. The SMILES string of the molecule is COc1cc(CN2CCC3(CC2)C(=O)N(/C=C/Cc2ccccc2)C(=O)N3C)cc(OC)c1. The molecule has 0 N–H and O–H groups in total. The molecule has 3 amide bonds. The monoisotopic (exact) mass is 449 g/mol. The van der Waals surface area contributed by atoms with Crippen molar-refractivity contribution in [3.63, 3.8) is 0 Å². The molecule has 0 saturated carbocycles. The van der Waals surface area contributed by atoms with Gasteiger partial charge in [0.15, 0.2) is 0 Å². The lowest BCUT2D eigenvalue weighted by Gasteiger charge is -2.40. The summed E-state index contributed by atoms with van der Waals surface area (Å²) in [4.78, 5) is 31.4. The Morgan fingerprint density at radius 2 is 1.58 bits per heavy atom. The zero-order chi connectivity index (χ0) is 23.4. The van der Waals surface area contributed by atoms with E-state index in [9.17, 15) is 9.59 Å². The van der Waals surface area contributed by atoms with E-state index < -0.39 is 5.54 Å². The van der Waals surface area contributed by atoms with Crippen molar-refractivity contribution in [2.45, 2.75) is 31.3 Å². The number of nitrogens with zero attached hydrogens (tertiary/aromatic N) is 3. The number of urea groups is 1. The van der Waals surface area contributed by atoms with E-state index in [1.807, 2.05) is 54.6 Å². The van der Waals surface area contributed by atoms with E-state index in [1.165, 1.54) is 4.90 Å². The van der Waals surface area contributed by atoms with Gasteiger partial charge in [0, 0.05) is 38.9 Å². The number of methoxy groups -OCH3 is 2. The molecule has 2 saturated heterocycles. The van der Waals surface area contributed by atoms with Crippen molar-refractivity contribution in [1.82, 2.24) is 14.7 Å². The lowest BCUT2D eigenvalue weighted by atomic mass is 9.86. The largest absolute Gasteiger partial charge is 0.497 e. The highest BCUT2D eigenvalue weighted by molar-refractivity contribution is 6.07. The zero-order valence-corrected chi connectivity index (χ0v) is 19.5. The second-order valence-electron chi connectivity index (χ2n) is 8.62. The Balaban J connectivity index is 1.41. The Labute approximate surface area is 195 Å². The van der Waals surface area contributed by atoms with E-state index in [1.54, 1.807) is 32.4 Å². The first-order valence-corrected chi connectivity index (χ1v) is 11.2. The molecule has 174 valence electrons. The molecular formula is C26H31N3O4. The summed E-state index contributed by atoms with van der Waals surface area (Å²) in [5.74, 6) is 1.39. The number of likely N-dealkylation sites (tertiary alicyclic amines) is 1. The minimum Gasteiger partial charge on any atom is -0.497 e. The van der Waals surface area contributed by atoms with Gasteiger partial charge in [0.25, 0.3) is 5.91 Å². The number of hydrogen-bond acceptors (Lipinski definition) is 5. The fraction of sp³-hybridized carbons (Fsp3) is 0.385. The molecule has 2 aromatic carbocycles. The minimum atomic E-state index is -0.767. The second kappa shape index (κ2) is 9.67. The number of imide groups is 1. The third-order valence-corrected chi connectivity index (χ3v) is 6.70. The van der Waals surface area contributed by atoms with Gasteiger partial charge in [-0.1, -0.05) is 36.4 Å². The molecule has 7 heteroatoms. The van der Waals surface area contributed by atoms with Gasteiger partial charge >= 0.3 is 6.03 Å². The van der Waals surface area contributed by atoms with Crippen LogP contribution in [-0.2, 0) is 17.8 Å². The zero-order valence-electron chi connectivity index (χ0n) is 19.5.